The average Bonchev–Trinajstić information content (AvgIpc) is 2.60. The molecule has 1 aromatic carbocycles. The summed E-state index contributed by atoms with van der Waals surface area (Å²) in [6, 6.07) is 0.384. The Morgan fingerprint density at radius 1 is 0.857 bits per heavy atom. The van der Waals surface area contributed by atoms with Gasteiger partial charge in [-0.05, 0) is 12.2 Å². The third-order valence-corrected chi connectivity index (χ3v) is 4.81. The molecule has 0 radical (unpaired) electrons. The van der Waals surface area contributed by atoms with Crippen LogP contribution in [-0.2, 0) is 0 Å². The molecule has 3 rings (SSSR count). The number of rotatable bonds is 4. The van der Waals surface area contributed by atoms with E-state index in [0.717, 1.165) is 43.6 Å². The minimum atomic E-state index is -3.00. The summed E-state index contributed by atoms with van der Waals surface area (Å²) in [4.78, 5) is 0. The zero-order valence-electron chi connectivity index (χ0n) is 14.6. The van der Waals surface area contributed by atoms with E-state index in [2.05, 4.69) is 4.74 Å². The van der Waals surface area contributed by atoms with Gasteiger partial charge in [0.2, 0.25) is 0 Å². The highest BCUT2D eigenvalue weighted by molar-refractivity contribution is 6.79. The van der Waals surface area contributed by atoms with Gasteiger partial charge in [-0.1, -0.05) is 24.3 Å². The molecule has 0 saturated heterocycles. The number of hydrogen-bond donors (Lipinski definition) is 0. The van der Waals surface area contributed by atoms with Gasteiger partial charge in [-0.3, -0.25) is 0 Å². The third kappa shape index (κ3) is 3.38. The number of allylic oxidation sites excluding steroid dienone is 8. The summed E-state index contributed by atoms with van der Waals surface area (Å²) < 4.78 is 107. The van der Waals surface area contributed by atoms with Gasteiger partial charge in [-0.25, -0.2) is 30.7 Å². The predicted molar refractivity (Wildman–Crippen MR) is 91.8 cm³/mol. The maximum atomic E-state index is 15.8. The summed E-state index contributed by atoms with van der Waals surface area (Å²) in [6.45, 7) is -2.43. The molecular formula is C19H14BF7O. The Balaban J connectivity index is 2.29. The lowest BCUT2D eigenvalue weighted by Gasteiger charge is -2.39. The molecule has 0 amide bonds. The van der Waals surface area contributed by atoms with Crippen molar-refractivity contribution in [3.8, 4) is 5.75 Å². The smallest absolute Gasteiger partial charge is 0.282 e. The third-order valence-electron chi connectivity index (χ3n) is 4.81. The van der Waals surface area contributed by atoms with Gasteiger partial charge in [-0.2, -0.15) is 0 Å². The number of hydrogen-bond acceptors (Lipinski definition) is 1. The van der Waals surface area contributed by atoms with Crippen molar-refractivity contribution in [1.82, 2.24) is 0 Å². The minimum Gasteiger partial charge on any atom is -0.494 e. The number of alkyl halides is 2. The van der Waals surface area contributed by atoms with Gasteiger partial charge in [0.25, 0.3) is 6.71 Å². The number of ether oxygens (including phenoxy) is 1. The second-order valence-corrected chi connectivity index (χ2v) is 6.69. The Labute approximate surface area is 157 Å². The fraction of sp³-hybridized carbons (Fsp3) is 0.263. The molecule has 1 aromatic rings. The molecule has 1 nitrogen and oxygen atoms in total. The fourth-order valence-corrected chi connectivity index (χ4v) is 3.66. The summed E-state index contributed by atoms with van der Waals surface area (Å²) in [5.74, 6) is -7.84. The SMILES string of the molecule is COc1cc(F)c(F)c(B(C2(F)C=CC=C(F)C2)C2(F)C=CC=C(F)C2)c1F. The van der Waals surface area contributed by atoms with Gasteiger partial charge in [0, 0.05) is 24.4 Å². The van der Waals surface area contributed by atoms with E-state index >= 15 is 8.78 Å². The van der Waals surface area contributed by atoms with Gasteiger partial charge in [0.05, 0.1) is 7.11 Å². The van der Waals surface area contributed by atoms with Crippen molar-refractivity contribution >= 4 is 12.2 Å². The van der Waals surface area contributed by atoms with Gasteiger partial charge in [0.15, 0.2) is 23.2 Å². The number of methoxy groups -OCH3 is 1. The summed E-state index contributed by atoms with van der Waals surface area (Å²) in [5, 5.41) is 0. The fourth-order valence-electron chi connectivity index (χ4n) is 3.66. The van der Waals surface area contributed by atoms with Crippen LogP contribution in [-0.4, -0.2) is 25.0 Å². The van der Waals surface area contributed by atoms with E-state index in [9.17, 15) is 22.0 Å². The first-order valence-corrected chi connectivity index (χ1v) is 8.28. The van der Waals surface area contributed by atoms with Crippen LogP contribution >= 0.6 is 0 Å². The maximum absolute atomic E-state index is 15.8. The standard InChI is InChI=1S/C19H14BF7O/c1-28-14-8-13(23)16(24)15(17(14)25)20(18(26)6-2-4-11(21)9-18)19(27)7-3-5-12(22)10-19/h2-8H,9-10H2,1H3. The molecule has 2 aliphatic carbocycles. The molecule has 2 atom stereocenters. The lowest BCUT2D eigenvalue weighted by Crippen LogP contribution is -2.64. The molecule has 9 heteroatoms. The molecule has 0 aromatic heterocycles. The molecule has 0 bridgehead atoms. The van der Waals surface area contributed by atoms with Crippen LogP contribution in [0.25, 0.3) is 0 Å². The van der Waals surface area contributed by atoms with E-state index in [1.54, 1.807) is 0 Å². The van der Waals surface area contributed by atoms with Crippen LogP contribution in [0.3, 0.4) is 0 Å². The minimum absolute atomic E-state index is 0.384. The number of halogens is 7. The normalized spacial score (nSPS) is 26.7. The van der Waals surface area contributed by atoms with Crippen LogP contribution in [0.5, 0.6) is 5.75 Å². The van der Waals surface area contributed by atoms with Crippen LogP contribution in [0, 0.1) is 17.5 Å². The van der Waals surface area contributed by atoms with Crippen LogP contribution in [0.1, 0.15) is 12.8 Å². The van der Waals surface area contributed by atoms with Gasteiger partial charge in [-0.15, -0.1) is 0 Å². The quantitative estimate of drug-likeness (QED) is 0.394. The van der Waals surface area contributed by atoms with Crippen molar-refractivity contribution in [1.29, 1.82) is 0 Å². The van der Waals surface area contributed by atoms with Crippen LogP contribution < -0.4 is 10.2 Å². The van der Waals surface area contributed by atoms with E-state index in [0.29, 0.717) is 6.07 Å². The Morgan fingerprint density at radius 2 is 1.36 bits per heavy atom. The molecule has 28 heavy (non-hydrogen) atoms. The molecular weight excluding hydrogens is 388 g/mol. The lowest BCUT2D eigenvalue weighted by atomic mass is 9.26. The second kappa shape index (κ2) is 7.18. The average molecular weight is 402 g/mol. The maximum Gasteiger partial charge on any atom is 0.282 e. The molecule has 148 valence electrons. The number of benzene rings is 1. The van der Waals surface area contributed by atoms with Crippen LogP contribution in [0.4, 0.5) is 30.7 Å². The Kier molecular flexibility index (Phi) is 5.21. The second-order valence-electron chi connectivity index (χ2n) is 6.69. The summed E-state index contributed by atoms with van der Waals surface area (Å²) in [5.41, 5.74) is -7.33. The van der Waals surface area contributed by atoms with E-state index in [-0.39, 0.29) is 0 Å². The monoisotopic (exact) mass is 402 g/mol. The lowest BCUT2D eigenvalue weighted by molar-refractivity contribution is 0.257. The van der Waals surface area contributed by atoms with E-state index < -0.39 is 71.0 Å². The van der Waals surface area contributed by atoms with Gasteiger partial charge in [0.1, 0.15) is 22.8 Å². The molecule has 0 N–H and O–H groups in total. The first kappa shape index (κ1) is 20.3. The Morgan fingerprint density at radius 3 is 1.79 bits per heavy atom. The van der Waals surface area contributed by atoms with Gasteiger partial charge < -0.3 is 4.74 Å². The van der Waals surface area contributed by atoms with E-state index in [4.69, 9.17) is 0 Å². The van der Waals surface area contributed by atoms with Crippen molar-refractivity contribution in [2.45, 2.75) is 24.0 Å². The molecule has 2 aliphatic rings. The van der Waals surface area contributed by atoms with Crippen molar-refractivity contribution in [2.24, 2.45) is 0 Å². The molecule has 2 unspecified atom stereocenters. The van der Waals surface area contributed by atoms with Crippen LogP contribution in [0.15, 0.2) is 54.2 Å². The summed E-state index contributed by atoms with van der Waals surface area (Å²) in [6.07, 6.45) is 2.96. The highest BCUT2D eigenvalue weighted by Gasteiger charge is 2.58. The zero-order chi connectivity index (χ0) is 20.7. The topological polar surface area (TPSA) is 9.23 Å². The molecule has 0 aliphatic heterocycles. The van der Waals surface area contributed by atoms with Crippen molar-refractivity contribution in [2.75, 3.05) is 7.11 Å². The van der Waals surface area contributed by atoms with Crippen molar-refractivity contribution < 1.29 is 35.5 Å². The van der Waals surface area contributed by atoms with Crippen molar-refractivity contribution in [3.05, 3.63) is 71.6 Å². The molecule has 0 fully saturated rings. The molecule has 0 spiro atoms. The zero-order valence-corrected chi connectivity index (χ0v) is 14.6. The molecule has 0 saturated carbocycles. The van der Waals surface area contributed by atoms with Crippen LogP contribution in [0.2, 0.25) is 0 Å². The predicted octanol–water partition coefficient (Wildman–Crippen LogP) is 4.94. The van der Waals surface area contributed by atoms with E-state index in [1.165, 1.54) is 0 Å². The highest BCUT2D eigenvalue weighted by Crippen LogP contribution is 2.42. The highest BCUT2D eigenvalue weighted by atomic mass is 19.2. The first-order chi connectivity index (χ1) is 13.1. The van der Waals surface area contributed by atoms with Gasteiger partial charge >= 0.3 is 0 Å². The Hall–Kier alpha value is -2.45. The molecule has 0 heterocycles. The largest absolute Gasteiger partial charge is 0.494 e. The Bertz CT molecular complexity index is 881. The summed E-state index contributed by atoms with van der Waals surface area (Å²) >= 11 is 0. The van der Waals surface area contributed by atoms with Crippen molar-refractivity contribution in [3.63, 3.8) is 0 Å². The summed E-state index contributed by atoms with van der Waals surface area (Å²) in [7, 11) is 0.955. The van der Waals surface area contributed by atoms with E-state index in [1.807, 2.05) is 0 Å². The first-order valence-electron chi connectivity index (χ1n) is 8.28.